The van der Waals surface area contributed by atoms with Crippen molar-refractivity contribution in [3.63, 3.8) is 0 Å². The first-order valence-electron chi connectivity index (χ1n) is 57.2. The Hall–Kier alpha value is -1.68. The highest BCUT2D eigenvalue weighted by Crippen LogP contribution is 2.50. The van der Waals surface area contributed by atoms with Crippen molar-refractivity contribution in [3.8, 4) is 0 Å². The van der Waals surface area contributed by atoms with Crippen molar-refractivity contribution < 1.29 is 14.2 Å². The first-order chi connectivity index (χ1) is 59.9. The van der Waals surface area contributed by atoms with Gasteiger partial charge in [-0.25, -0.2) is 0 Å². The predicted octanol–water partition coefficient (Wildman–Crippen LogP) is 40.1. The summed E-state index contributed by atoms with van der Waals surface area (Å²) in [6, 6.07) is 0. The molecule has 0 saturated carbocycles. The van der Waals surface area contributed by atoms with Gasteiger partial charge in [-0.15, -0.1) is 0 Å². The van der Waals surface area contributed by atoms with Crippen molar-refractivity contribution in [2.45, 2.75) is 672 Å². The molecule has 708 valence electrons. The Morgan fingerprint density at radius 3 is 0.380 bits per heavy atom. The summed E-state index contributed by atoms with van der Waals surface area (Å²) in [6.45, 7) is 25.2. The Balaban J connectivity index is 1.95. The maximum atomic E-state index is 7.47. The zero-order chi connectivity index (χ0) is 86.4. The van der Waals surface area contributed by atoms with E-state index in [2.05, 4.69) is 69.2 Å². The summed E-state index contributed by atoms with van der Waals surface area (Å²) in [5.74, 6) is 0. The molecular formula is C118H218O3. The molecule has 4 rings (SSSR count). The lowest BCUT2D eigenvalue weighted by Gasteiger charge is -2.28. The monoisotopic (exact) mass is 1680 g/mol. The summed E-state index contributed by atoms with van der Waals surface area (Å²) in [4.78, 5) is 0. The van der Waals surface area contributed by atoms with Crippen LogP contribution in [0.15, 0.2) is 0 Å². The van der Waals surface area contributed by atoms with Crippen LogP contribution >= 0.6 is 0 Å². The van der Waals surface area contributed by atoms with E-state index in [1.165, 1.54) is 578 Å². The highest BCUT2D eigenvalue weighted by Gasteiger charge is 2.47. The van der Waals surface area contributed by atoms with Gasteiger partial charge in [0, 0.05) is 0 Å². The highest BCUT2D eigenvalue weighted by molar-refractivity contribution is 5.56. The topological polar surface area (TPSA) is 34.3 Å². The average molecular weight is 1690 g/mol. The molecule has 4 atom stereocenters. The lowest BCUT2D eigenvalue weighted by Crippen LogP contribution is -2.17. The molecule has 0 amide bonds. The average Bonchev–Trinajstić information content (AvgIpc) is 1.66. The Kier molecular flexibility index (Phi) is 75.2. The SMILES string of the molecule is CCCCCCCCCCc1c(CCCCCCCCCC)c(CCCCCCCCCC)c(C2OC2COCC2OC2c2c(CCCCCCCCCC)c(CCCCCCCCCC)c(CCCCCCCCCC)c(CCCCCCCCCC)c2CCCCCCCCCC)c(CCCCCCCCCC)c1CCCCCCCCCC. The molecule has 2 aliphatic rings. The summed E-state index contributed by atoms with van der Waals surface area (Å²) >= 11 is 0. The Morgan fingerprint density at radius 1 is 0.140 bits per heavy atom. The molecule has 0 aromatic heterocycles. The van der Waals surface area contributed by atoms with Crippen molar-refractivity contribution in [2.75, 3.05) is 13.2 Å². The fourth-order valence-electron chi connectivity index (χ4n) is 21.5. The normalized spacial score (nSPS) is 15.2. The molecule has 0 bridgehead atoms. The second-order valence-electron chi connectivity index (χ2n) is 40.6. The molecule has 2 fully saturated rings. The van der Waals surface area contributed by atoms with Crippen LogP contribution in [0.4, 0.5) is 0 Å². The minimum absolute atomic E-state index is 0.125. The number of rotatable bonds is 96. The van der Waals surface area contributed by atoms with E-state index in [1.54, 1.807) is 33.4 Å². The van der Waals surface area contributed by atoms with E-state index in [4.69, 9.17) is 14.2 Å². The molecule has 3 nitrogen and oxygen atoms in total. The lowest BCUT2D eigenvalue weighted by molar-refractivity contribution is 0.102. The van der Waals surface area contributed by atoms with Gasteiger partial charge in [0.05, 0.1) is 13.2 Å². The van der Waals surface area contributed by atoms with Gasteiger partial charge in [0.25, 0.3) is 0 Å². The van der Waals surface area contributed by atoms with E-state index in [9.17, 15) is 0 Å². The molecular weight excluding hydrogens is 1470 g/mol. The van der Waals surface area contributed by atoms with E-state index < -0.39 is 0 Å². The van der Waals surface area contributed by atoms with E-state index in [0.717, 1.165) is 0 Å². The molecule has 121 heavy (non-hydrogen) atoms. The number of hydrogen-bond donors (Lipinski definition) is 0. The van der Waals surface area contributed by atoms with Gasteiger partial charge in [0.2, 0.25) is 0 Å². The van der Waals surface area contributed by atoms with Gasteiger partial charge in [0.15, 0.2) is 0 Å². The number of epoxide rings is 2. The quantitative estimate of drug-likeness (QED) is 0.0489. The fourth-order valence-corrected chi connectivity index (χ4v) is 21.5. The zero-order valence-electron chi connectivity index (χ0n) is 84.6. The second-order valence-corrected chi connectivity index (χ2v) is 40.6. The number of ether oxygens (including phenoxy) is 3. The molecule has 4 unspecified atom stereocenters. The number of unbranched alkanes of at least 4 members (excludes halogenated alkanes) is 70. The van der Waals surface area contributed by atoms with Crippen LogP contribution in [0.25, 0.3) is 0 Å². The van der Waals surface area contributed by atoms with Gasteiger partial charge >= 0.3 is 0 Å². The van der Waals surface area contributed by atoms with E-state index >= 15 is 0 Å². The number of benzene rings is 2. The summed E-state index contributed by atoms with van der Waals surface area (Å²) in [6.07, 6.45) is 124. The van der Waals surface area contributed by atoms with Crippen molar-refractivity contribution in [3.05, 3.63) is 66.8 Å². The number of hydrogen-bond acceptors (Lipinski definition) is 3. The van der Waals surface area contributed by atoms with Gasteiger partial charge in [-0.05, 0) is 195 Å². The minimum Gasteiger partial charge on any atom is -0.376 e. The van der Waals surface area contributed by atoms with Gasteiger partial charge in [-0.1, -0.05) is 519 Å². The van der Waals surface area contributed by atoms with Crippen LogP contribution in [0.5, 0.6) is 0 Å². The van der Waals surface area contributed by atoms with Crippen LogP contribution in [0.1, 0.15) is 662 Å². The molecule has 0 radical (unpaired) electrons. The smallest absolute Gasteiger partial charge is 0.112 e. The van der Waals surface area contributed by atoms with E-state index in [1.807, 2.05) is 33.4 Å². The summed E-state index contributed by atoms with van der Waals surface area (Å²) in [5.41, 5.74) is 21.8. The van der Waals surface area contributed by atoms with Crippen LogP contribution in [-0.4, -0.2) is 25.4 Å². The third-order valence-corrected chi connectivity index (χ3v) is 29.3. The lowest BCUT2D eigenvalue weighted by atomic mass is 9.77. The Labute approximate surface area is 761 Å². The molecule has 0 N–H and O–H groups in total. The Bertz CT molecular complexity index is 2270. The first kappa shape index (κ1) is 112. The van der Waals surface area contributed by atoms with E-state index in [-0.39, 0.29) is 24.4 Å². The largest absolute Gasteiger partial charge is 0.376 e. The Morgan fingerprint density at radius 2 is 0.248 bits per heavy atom. The van der Waals surface area contributed by atoms with Crippen molar-refractivity contribution in [2.24, 2.45) is 0 Å². The van der Waals surface area contributed by atoms with Crippen molar-refractivity contribution >= 4 is 0 Å². The van der Waals surface area contributed by atoms with Gasteiger partial charge < -0.3 is 14.2 Å². The van der Waals surface area contributed by atoms with Crippen LogP contribution in [0.3, 0.4) is 0 Å². The van der Waals surface area contributed by atoms with Crippen molar-refractivity contribution in [1.82, 2.24) is 0 Å². The first-order valence-corrected chi connectivity index (χ1v) is 57.2. The van der Waals surface area contributed by atoms with Crippen LogP contribution < -0.4 is 0 Å². The van der Waals surface area contributed by atoms with Gasteiger partial charge in [0.1, 0.15) is 24.4 Å². The molecule has 2 aromatic carbocycles. The molecule has 0 aliphatic carbocycles. The summed E-state index contributed by atoms with van der Waals surface area (Å²) in [5, 5.41) is 0. The van der Waals surface area contributed by atoms with Crippen LogP contribution in [0, 0.1) is 0 Å². The van der Waals surface area contributed by atoms with Gasteiger partial charge in [-0.2, -0.15) is 0 Å². The zero-order valence-corrected chi connectivity index (χ0v) is 84.6. The standard InChI is InChI=1S/C118H218O3/c1-11-21-31-41-51-61-71-81-91-103-105(93-83-73-63-53-43-33-23-13-3)109(97-87-77-67-57-47-37-27-17-7)115(110(98-88-78-68-58-48-38-28-18-8)106(103)94-84-74-64-54-44-34-24-14-4)117-113(120-117)101-119-102-114-118(121-114)116-111(99-89-79-69-59-49-39-29-19-9)107(95-85-75-65-55-45-35-25-15-5)104(92-82-72-62-52-42-32-22-12-2)108(96-86-76-66-56-46-36-26-16-6)112(116)100-90-80-70-60-50-40-30-20-10/h113-114,117-118H,11-102H2,1-10H3. The maximum absolute atomic E-state index is 7.47. The molecule has 2 heterocycles. The third-order valence-electron chi connectivity index (χ3n) is 29.3. The van der Waals surface area contributed by atoms with Gasteiger partial charge in [-0.3, -0.25) is 0 Å². The maximum Gasteiger partial charge on any atom is 0.112 e. The summed E-state index contributed by atoms with van der Waals surface area (Å²) < 4.78 is 22.3. The molecule has 0 spiro atoms. The second kappa shape index (κ2) is 81.5. The third kappa shape index (κ3) is 53.9. The van der Waals surface area contributed by atoms with Crippen LogP contribution in [-0.2, 0) is 78.4 Å². The van der Waals surface area contributed by atoms with Crippen molar-refractivity contribution in [1.29, 1.82) is 0 Å². The van der Waals surface area contributed by atoms with Crippen LogP contribution in [0.2, 0.25) is 0 Å². The van der Waals surface area contributed by atoms with E-state index in [0.29, 0.717) is 13.2 Å². The minimum atomic E-state index is 0.125. The fraction of sp³-hybridized carbons (Fsp3) is 0.898. The molecule has 3 heteroatoms. The molecule has 2 aliphatic heterocycles. The highest BCUT2D eigenvalue weighted by atomic mass is 16.6. The molecule has 2 saturated heterocycles. The summed E-state index contributed by atoms with van der Waals surface area (Å²) in [7, 11) is 0. The molecule has 2 aromatic rings. The predicted molar refractivity (Wildman–Crippen MR) is 542 cm³/mol.